The Kier molecular flexibility index (Phi) is 3.34. The maximum absolute atomic E-state index is 11.4. The first-order valence-corrected chi connectivity index (χ1v) is 7.43. The Labute approximate surface area is 116 Å². The highest BCUT2D eigenvalue weighted by atomic mass is 32.1. The third kappa shape index (κ3) is 2.40. The summed E-state index contributed by atoms with van der Waals surface area (Å²) in [7, 11) is 0. The lowest BCUT2D eigenvalue weighted by atomic mass is 10.0. The zero-order valence-corrected chi connectivity index (χ0v) is 11.5. The Morgan fingerprint density at radius 2 is 1.89 bits per heavy atom. The molecule has 0 spiro atoms. The third-order valence-electron chi connectivity index (χ3n) is 3.64. The number of hydrogen-bond acceptors (Lipinski definition) is 3. The number of nitrogens with zero attached hydrogens (tertiary/aromatic N) is 1. The first kappa shape index (κ1) is 12.4. The van der Waals surface area contributed by atoms with E-state index in [1.165, 1.54) is 37.0 Å². The van der Waals surface area contributed by atoms with E-state index in [0.717, 1.165) is 16.1 Å². The molecule has 1 heterocycles. The summed E-state index contributed by atoms with van der Waals surface area (Å²) in [4.78, 5) is 17.0. The molecule has 1 aliphatic rings. The molecule has 1 aromatic carbocycles. The number of hydrogen-bond donors (Lipinski definition) is 1. The van der Waals surface area contributed by atoms with Crippen LogP contribution in [0.25, 0.3) is 10.4 Å². The minimum Gasteiger partial charge on any atom is -0.364 e. The topological polar surface area (TPSA) is 56.0 Å². The molecule has 1 fully saturated rings. The van der Waals surface area contributed by atoms with Crippen LogP contribution in [0.1, 0.15) is 47.1 Å². The molecule has 0 atom stereocenters. The smallest absolute Gasteiger partial charge is 0.277 e. The van der Waals surface area contributed by atoms with Gasteiger partial charge >= 0.3 is 0 Å². The SMILES string of the molecule is NC(=O)c1nc(C2CCCC2)c(-c2ccccc2)s1. The van der Waals surface area contributed by atoms with Gasteiger partial charge in [0.05, 0.1) is 10.6 Å². The van der Waals surface area contributed by atoms with E-state index >= 15 is 0 Å². The average Bonchev–Trinajstić information content (AvgIpc) is 3.08. The van der Waals surface area contributed by atoms with Crippen molar-refractivity contribution >= 4 is 17.2 Å². The lowest BCUT2D eigenvalue weighted by Crippen LogP contribution is -2.10. The number of primary amides is 1. The van der Waals surface area contributed by atoms with E-state index in [0.29, 0.717) is 10.9 Å². The van der Waals surface area contributed by atoms with Gasteiger partial charge in [-0.3, -0.25) is 4.79 Å². The summed E-state index contributed by atoms with van der Waals surface area (Å²) in [6.45, 7) is 0. The molecule has 3 rings (SSSR count). The summed E-state index contributed by atoms with van der Waals surface area (Å²) < 4.78 is 0. The predicted octanol–water partition coefficient (Wildman–Crippen LogP) is 3.57. The van der Waals surface area contributed by atoms with Crippen LogP contribution in [0.4, 0.5) is 0 Å². The van der Waals surface area contributed by atoms with Gasteiger partial charge in [-0.05, 0) is 18.4 Å². The minimum atomic E-state index is -0.425. The van der Waals surface area contributed by atoms with E-state index in [4.69, 9.17) is 5.73 Å². The van der Waals surface area contributed by atoms with Crippen LogP contribution in [-0.4, -0.2) is 10.9 Å². The molecule has 0 unspecified atom stereocenters. The molecule has 1 amide bonds. The lowest BCUT2D eigenvalue weighted by molar-refractivity contribution is 0.0999. The summed E-state index contributed by atoms with van der Waals surface area (Å²) in [5.74, 6) is 0.0611. The molecule has 19 heavy (non-hydrogen) atoms. The highest BCUT2D eigenvalue weighted by Gasteiger charge is 2.25. The van der Waals surface area contributed by atoms with E-state index in [1.807, 2.05) is 18.2 Å². The highest BCUT2D eigenvalue weighted by Crippen LogP contribution is 2.41. The van der Waals surface area contributed by atoms with Crippen molar-refractivity contribution in [2.24, 2.45) is 5.73 Å². The average molecular weight is 272 g/mol. The Hall–Kier alpha value is -1.68. The maximum Gasteiger partial charge on any atom is 0.277 e. The van der Waals surface area contributed by atoms with Gasteiger partial charge in [-0.25, -0.2) is 4.98 Å². The van der Waals surface area contributed by atoms with Gasteiger partial charge in [0.25, 0.3) is 5.91 Å². The zero-order chi connectivity index (χ0) is 13.2. The van der Waals surface area contributed by atoms with Crippen molar-refractivity contribution in [3.63, 3.8) is 0 Å². The summed E-state index contributed by atoms with van der Waals surface area (Å²) >= 11 is 1.42. The van der Waals surface area contributed by atoms with Crippen molar-refractivity contribution in [2.75, 3.05) is 0 Å². The van der Waals surface area contributed by atoms with Gasteiger partial charge in [0.2, 0.25) is 0 Å². The van der Waals surface area contributed by atoms with E-state index < -0.39 is 5.91 Å². The molecule has 1 aromatic heterocycles. The first-order valence-electron chi connectivity index (χ1n) is 6.61. The van der Waals surface area contributed by atoms with E-state index in [9.17, 15) is 4.79 Å². The Balaban J connectivity index is 2.08. The van der Waals surface area contributed by atoms with Crippen molar-refractivity contribution in [2.45, 2.75) is 31.6 Å². The van der Waals surface area contributed by atoms with Gasteiger partial charge in [0.15, 0.2) is 5.01 Å². The fourth-order valence-electron chi connectivity index (χ4n) is 2.71. The number of thiazole rings is 1. The lowest BCUT2D eigenvalue weighted by Gasteiger charge is -2.08. The molecule has 1 aliphatic carbocycles. The summed E-state index contributed by atoms with van der Waals surface area (Å²) in [6, 6.07) is 10.1. The number of benzene rings is 1. The second-order valence-corrected chi connectivity index (χ2v) is 5.94. The number of nitrogens with two attached hydrogens (primary N) is 1. The van der Waals surface area contributed by atoms with Crippen molar-refractivity contribution in [1.29, 1.82) is 0 Å². The van der Waals surface area contributed by atoms with Gasteiger partial charge in [-0.2, -0.15) is 0 Å². The van der Waals surface area contributed by atoms with E-state index in [2.05, 4.69) is 17.1 Å². The highest BCUT2D eigenvalue weighted by molar-refractivity contribution is 7.17. The second kappa shape index (κ2) is 5.13. The molecular formula is C15H16N2OS. The maximum atomic E-state index is 11.4. The third-order valence-corrected chi connectivity index (χ3v) is 4.78. The van der Waals surface area contributed by atoms with Crippen LogP contribution in [0.5, 0.6) is 0 Å². The molecule has 2 N–H and O–H groups in total. The van der Waals surface area contributed by atoms with Crippen LogP contribution >= 0.6 is 11.3 Å². The number of carbonyl (C=O) groups excluding carboxylic acids is 1. The molecular weight excluding hydrogens is 256 g/mol. The van der Waals surface area contributed by atoms with Crippen LogP contribution in [-0.2, 0) is 0 Å². The molecule has 0 aliphatic heterocycles. The van der Waals surface area contributed by atoms with Crippen molar-refractivity contribution < 1.29 is 4.79 Å². The zero-order valence-electron chi connectivity index (χ0n) is 10.6. The van der Waals surface area contributed by atoms with Crippen molar-refractivity contribution in [3.05, 3.63) is 41.0 Å². The summed E-state index contributed by atoms with van der Waals surface area (Å²) in [5.41, 5.74) is 7.59. The van der Waals surface area contributed by atoms with Crippen LogP contribution in [0, 0.1) is 0 Å². The van der Waals surface area contributed by atoms with Crippen LogP contribution < -0.4 is 5.73 Å². The molecule has 3 nitrogen and oxygen atoms in total. The normalized spacial score (nSPS) is 15.8. The Bertz CT molecular complexity index is 585. The summed E-state index contributed by atoms with van der Waals surface area (Å²) in [6.07, 6.45) is 4.84. The molecule has 0 saturated heterocycles. The van der Waals surface area contributed by atoms with Crippen LogP contribution in [0.15, 0.2) is 30.3 Å². The molecule has 98 valence electrons. The number of aromatic nitrogens is 1. The van der Waals surface area contributed by atoms with E-state index in [1.54, 1.807) is 0 Å². The quantitative estimate of drug-likeness (QED) is 0.928. The van der Waals surface area contributed by atoms with Crippen molar-refractivity contribution in [3.8, 4) is 10.4 Å². The van der Waals surface area contributed by atoms with Crippen molar-refractivity contribution in [1.82, 2.24) is 4.98 Å². The van der Waals surface area contributed by atoms with Gasteiger partial charge in [0, 0.05) is 5.92 Å². The predicted molar refractivity (Wildman–Crippen MR) is 77.3 cm³/mol. The van der Waals surface area contributed by atoms with Crippen LogP contribution in [0.3, 0.4) is 0 Å². The molecule has 4 heteroatoms. The van der Waals surface area contributed by atoms with Gasteiger partial charge in [-0.1, -0.05) is 43.2 Å². The largest absolute Gasteiger partial charge is 0.364 e. The second-order valence-electron chi connectivity index (χ2n) is 4.95. The van der Waals surface area contributed by atoms with Gasteiger partial charge in [0.1, 0.15) is 0 Å². The minimum absolute atomic E-state index is 0.425. The van der Waals surface area contributed by atoms with E-state index in [-0.39, 0.29) is 0 Å². The summed E-state index contributed by atoms with van der Waals surface area (Å²) in [5, 5.41) is 0.431. The first-order chi connectivity index (χ1) is 9.25. The standard InChI is InChI=1S/C15H16N2OS/c16-14(18)15-17-12(10-6-4-5-7-10)13(19-15)11-8-2-1-3-9-11/h1-3,8-10H,4-7H2,(H2,16,18). The fraction of sp³-hybridized carbons (Fsp3) is 0.333. The Morgan fingerprint density at radius 3 is 2.53 bits per heavy atom. The monoisotopic (exact) mass is 272 g/mol. The number of carbonyl (C=O) groups is 1. The molecule has 2 aromatic rings. The van der Waals surface area contributed by atoms with Gasteiger partial charge < -0.3 is 5.73 Å². The molecule has 0 bridgehead atoms. The molecule has 1 saturated carbocycles. The molecule has 0 radical (unpaired) electrons. The number of rotatable bonds is 3. The number of amides is 1. The fourth-order valence-corrected chi connectivity index (χ4v) is 3.72. The van der Waals surface area contributed by atoms with Crippen LogP contribution in [0.2, 0.25) is 0 Å². The Morgan fingerprint density at radius 1 is 1.21 bits per heavy atom. The van der Waals surface area contributed by atoms with Gasteiger partial charge in [-0.15, -0.1) is 11.3 Å².